The molecule has 0 bridgehead atoms. The van der Waals surface area contributed by atoms with Gasteiger partial charge in [0, 0.05) is 18.5 Å². The Kier molecular flexibility index (Phi) is 5.52. The van der Waals surface area contributed by atoms with Crippen LogP contribution in [0, 0.1) is 0 Å². The van der Waals surface area contributed by atoms with E-state index in [0.29, 0.717) is 24.3 Å². The topological polar surface area (TPSA) is 73.7 Å². The molecule has 7 nitrogen and oxygen atoms in total. The van der Waals surface area contributed by atoms with Crippen LogP contribution in [-0.4, -0.2) is 46.6 Å². The van der Waals surface area contributed by atoms with E-state index >= 15 is 0 Å². The number of rotatable bonds is 5. The van der Waals surface area contributed by atoms with Crippen LogP contribution in [0.1, 0.15) is 27.3 Å². The van der Waals surface area contributed by atoms with E-state index in [1.54, 1.807) is 42.6 Å². The molecule has 1 aliphatic heterocycles. The molecule has 0 saturated carbocycles. The fourth-order valence-electron chi connectivity index (χ4n) is 3.74. The van der Waals surface area contributed by atoms with Gasteiger partial charge in [-0.15, -0.1) is 0 Å². The van der Waals surface area contributed by atoms with Crippen molar-refractivity contribution in [1.82, 2.24) is 14.5 Å². The molecule has 1 aliphatic rings. The number of aromatic nitrogens is 2. The monoisotopic (exact) mass is 405 g/mol. The van der Waals surface area contributed by atoms with Gasteiger partial charge in [-0.3, -0.25) is 4.79 Å². The average molecular weight is 405 g/mol. The number of hydrogen-bond acceptors (Lipinski definition) is 5. The van der Waals surface area contributed by atoms with Crippen molar-refractivity contribution >= 4 is 11.9 Å². The Balaban J connectivity index is 1.65. The summed E-state index contributed by atoms with van der Waals surface area (Å²) in [5.74, 6) is -0.00998. The maximum absolute atomic E-state index is 13.3. The van der Waals surface area contributed by atoms with E-state index in [1.165, 1.54) is 7.11 Å². The van der Waals surface area contributed by atoms with Crippen molar-refractivity contribution in [1.29, 1.82) is 0 Å². The summed E-state index contributed by atoms with van der Waals surface area (Å²) in [5, 5.41) is 0. The first-order valence-corrected chi connectivity index (χ1v) is 9.70. The van der Waals surface area contributed by atoms with Gasteiger partial charge in [-0.25, -0.2) is 9.78 Å². The summed E-state index contributed by atoms with van der Waals surface area (Å²) in [6.07, 6.45) is 2.10. The van der Waals surface area contributed by atoms with Crippen LogP contribution >= 0.6 is 0 Å². The summed E-state index contributed by atoms with van der Waals surface area (Å²) >= 11 is 0. The third-order valence-electron chi connectivity index (χ3n) is 5.38. The number of ether oxygens (including phenoxy) is 2. The molecule has 2 aromatic carbocycles. The van der Waals surface area contributed by atoms with Crippen LogP contribution in [-0.2, 0) is 29.0 Å². The summed E-state index contributed by atoms with van der Waals surface area (Å²) in [6, 6.07) is 16.2. The van der Waals surface area contributed by atoms with Crippen molar-refractivity contribution in [2.45, 2.75) is 25.6 Å². The van der Waals surface area contributed by atoms with Gasteiger partial charge in [0.2, 0.25) is 0 Å². The summed E-state index contributed by atoms with van der Waals surface area (Å²) in [6.45, 7) is 0.934. The van der Waals surface area contributed by atoms with Crippen LogP contribution in [0.15, 0.2) is 60.9 Å². The van der Waals surface area contributed by atoms with Gasteiger partial charge in [0.05, 0.1) is 38.5 Å². The summed E-state index contributed by atoms with van der Waals surface area (Å²) in [5.41, 5.74) is 3.38. The Bertz CT molecular complexity index is 1040. The lowest BCUT2D eigenvalue weighted by Crippen LogP contribution is -2.49. The van der Waals surface area contributed by atoms with Crippen molar-refractivity contribution in [2.24, 2.45) is 0 Å². The zero-order valence-electron chi connectivity index (χ0n) is 16.9. The zero-order valence-corrected chi connectivity index (χ0v) is 16.9. The van der Waals surface area contributed by atoms with E-state index in [1.807, 2.05) is 34.9 Å². The first-order chi connectivity index (χ1) is 14.6. The third kappa shape index (κ3) is 3.78. The first kappa shape index (κ1) is 19.7. The lowest BCUT2D eigenvalue weighted by atomic mass is 10.0. The number of methoxy groups -OCH3 is 2. The second-order valence-electron chi connectivity index (χ2n) is 7.16. The minimum absolute atomic E-state index is 0.230. The molecule has 0 N–H and O–H groups in total. The Labute approximate surface area is 174 Å². The number of carbonyl (C=O) groups is 2. The average Bonchev–Trinajstić information content (AvgIpc) is 3.19. The highest BCUT2D eigenvalue weighted by Gasteiger charge is 2.38. The summed E-state index contributed by atoms with van der Waals surface area (Å²) < 4.78 is 12.2. The normalized spacial score (nSPS) is 15.4. The maximum Gasteiger partial charge on any atom is 0.329 e. The van der Waals surface area contributed by atoms with E-state index < -0.39 is 12.0 Å². The van der Waals surface area contributed by atoms with Gasteiger partial charge in [0.1, 0.15) is 11.8 Å². The first-order valence-electron chi connectivity index (χ1n) is 9.70. The maximum atomic E-state index is 13.3. The molecule has 0 radical (unpaired) electrons. The highest BCUT2D eigenvalue weighted by Crippen LogP contribution is 2.26. The minimum Gasteiger partial charge on any atom is -0.497 e. The minimum atomic E-state index is -0.711. The van der Waals surface area contributed by atoms with E-state index in [9.17, 15) is 9.59 Å². The number of esters is 1. The second kappa shape index (κ2) is 8.41. The SMILES string of the molecule is COC(=O)C1Cc2ncn(Cc3ccccc3)c2CN1C(=O)c1ccc(OC)cc1. The molecule has 1 atom stereocenters. The lowest BCUT2D eigenvalue weighted by Gasteiger charge is -2.34. The highest BCUT2D eigenvalue weighted by molar-refractivity contribution is 5.97. The van der Waals surface area contributed by atoms with Gasteiger partial charge in [0.15, 0.2) is 0 Å². The second-order valence-corrected chi connectivity index (χ2v) is 7.16. The van der Waals surface area contributed by atoms with Crippen LogP contribution in [0.2, 0.25) is 0 Å². The molecule has 2 heterocycles. The van der Waals surface area contributed by atoms with Gasteiger partial charge in [-0.1, -0.05) is 30.3 Å². The van der Waals surface area contributed by atoms with E-state index in [-0.39, 0.29) is 12.5 Å². The zero-order chi connectivity index (χ0) is 21.1. The number of hydrogen-bond donors (Lipinski definition) is 0. The summed E-state index contributed by atoms with van der Waals surface area (Å²) in [7, 11) is 2.91. The fourth-order valence-corrected chi connectivity index (χ4v) is 3.74. The molecular formula is C23H23N3O4. The molecule has 0 spiro atoms. The summed E-state index contributed by atoms with van der Waals surface area (Å²) in [4.78, 5) is 31.8. The molecule has 0 saturated heterocycles. The van der Waals surface area contributed by atoms with Crippen molar-refractivity contribution in [3.05, 3.63) is 83.4 Å². The lowest BCUT2D eigenvalue weighted by molar-refractivity contribution is -0.146. The van der Waals surface area contributed by atoms with E-state index in [4.69, 9.17) is 9.47 Å². The molecule has 0 aliphatic carbocycles. The molecular weight excluding hydrogens is 382 g/mol. The Morgan fingerprint density at radius 1 is 1.07 bits per heavy atom. The Hall–Kier alpha value is -3.61. The van der Waals surface area contributed by atoms with Crippen molar-refractivity contribution in [2.75, 3.05) is 14.2 Å². The third-order valence-corrected chi connectivity index (χ3v) is 5.38. The van der Waals surface area contributed by atoms with Gasteiger partial charge in [-0.2, -0.15) is 0 Å². The van der Waals surface area contributed by atoms with E-state index in [0.717, 1.165) is 17.0 Å². The number of imidazole rings is 1. The smallest absolute Gasteiger partial charge is 0.329 e. The van der Waals surface area contributed by atoms with Crippen LogP contribution in [0.5, 0.6) is 5.75 Å². The largest absolute Gasteiger partial charge is 0.497 e. The van der Waals surface area contributed by atoms with Crippen LogP contribution in [0.25, 0.3) is 0 Å². The molecule has 0 fully saturated rings. The number of benzene rings is 2. The van der Waals surface area contributed by atoms with Crippen LogP contribution in [0.3, 0.4) is 0 Å². The molecule has 154 valence electrons. The molecule has 1 amide bonds. The number of nitrogens with zero attached hydrogens (tertiary/aromatic N) is 3. The number of fused-ring (bicyclic) bond motifs is 1. The molecule has 30 heavy (non-hydrogen) atoms. The molecule has 1 unspecified atom stereocenters. The van der Waals surface area contributed by atoms with Crippen molar-refractivity contribution in [3.8, 4) is 5.75 Å². The van der Waals surface area contributed by atoms with E-state index in [2.05, 4.69) is 4.98 Å². The predicted octanol–water partition coefficient (Wildman–Crippen LogP) is 2.68. The number of amides is 1. The Morgan fingerprint density at radius 3 is 2.47 bits per heavy atom. The van der Waals surface area contributed by atoms with Gasteiger partial charge < -0.3 is 18.9 Å². The van der Waals surface area contributed by atoms with Gasteiger partial charge in [0.25, 0.3) is 5.91 Å². The van der Waals surface area contributed by atoms with Crippen molar-refractivity contribution < 1.29 is 19.1 Å². The molecule has 7 heteroatoms. The molecule has 4 rings (SSSR count). The van der Waals surface area contributed by atoms with Crippen molar-refractivity contribution in [3.63, 3.8) is 0 Å². The van der Waals surface area contributed by atoms with Gasteiger partial charge in [-0.05, 0) is 29.8 Å². The highest BCUT2D eigenvalue weighted by atomic mass is 16.5. The Morgan fingerprint density at radius 2 is 1.80 bits per heavy atom. The predicted molar refractivity (Wildman–Crippen MR) is 110 cm³/mol. The molecule has 1 aromatic heterocycles. The number of carbonyl (C=O) groups excluding carboxylic acids is 2. The van der Waals surface area contributed by atoms with Crippen LogP contribution < -0.4 is 4.74 Å². The quantitative estimate of drug-likeness (QED) is 0.610. The van der Waals surface area contributed by atoms with Gasteiger partial charge >= 0.3 is 5.97 Å². The van der Waals surface area contributed by atoms with Crippen LogP contribution in [0.4, 0.5) is 0 Å². The standard InChI is InChI=1S/C23H23N3O4/c1-29-18-10-8-17(9-11-18)22(27)26-14-21-19(12-20(26)23(28)30-2)24-15-25(21)13-16-6-4-3-5-7-16/h3-11,15,20H,12-14H2,1-2H3. The fraction of sp³-hybridized carbons (Fsp3) is 0.261. The molecule has 3 aromatic rings.